The quantitative estimate of drug-likeness (QED) is 0.891. The fourth-order valence-electron chi connectivity index (χ4n) is 4.58. The zero-order valence-corrected chi connectivity index (χ0v) is 13.1. The first-order valence-electron chi connectivity index (χ1n) is 8.59. The van der Waals surface area contributed by atoms with E-state index in [0.717, 1.165) is 31.5 Å². The minimum absolute atomic E-state index is 0.108. The Kier molecular flexibility index (Phi) is 3.58. The Morgan fingerprint density at radius 3 is 2.65 bits per heavy atom. The van der Waals surface area contributed by atoms with Gasteiger partial charge in [-0.25, -0.2) is 0 Å². The third kappa shape index (κ3) is 2.42. The van der Waals surface area contributed by atoms with Crippen LogP contribution in [0.2, 0.25) is 0 Å². The molecule has 1 saturated heterocycles. The average Bonchev–Trinajstić information content (AvgIpc) is 3.27. The molecular formula is C16H22N4O3. The van der Waals surface area contributed by atoms with Crippen molar-refractivity contribution in [3.05, 3.63) is 16.2 Å². The van der Waals surface area contributed by atoms with Gasteiger partial charge in [0.15, 0.2) is 0 Å². The summed E-state index contributed by atoms with van der Waals surface area (Å²) in [5.74, 6) is 0.513. The van der Waals surface area contributed by atoms with E-state index in [1.54, 1.807) is 4.57 Å². The highest BCUT2D eigenvalue weighted by atomic mass is 16.4. The fourth-order valence-corrected chi connectivity index (χ4v) is 4.58. The number of nitrogens with zero attached hydrogens (tertiary/aromatic N) is 4. The molecule has 3 aliphatic rings. The van der Waals surface area contributed by atoms with Crippen molar-refractivity contribution < 1.29 is 9.90 Å². The van der Waals surface area contributed by atoms with Crippen molar-refractivity contribution in [2.24, 2.45) is 17.8 Å². The summed E-state index contributed by atoms with van der Waals surface area (Å²) in [5, 5.41) is 17.9. The molecule has 0 aromatic carbocycles. The maximum absolute atomic E-state index is 12.6. The van der Waals surface area contributed by atoms with Crippen LogP contribution in [0.5, 0.6) is 0 Å². The first-order valence-corrected chi connectivity index (χ1v) is 8.59. The SMILES string of the molecule is O=C(O)[C@@H]1CN(c2nnc3n(c2=O)CCC3)C[C@H]1C1CCCC1. The van der Waals surface area contributed by atoms with Gasteiger partial charge >= 0.3 is 5.97 Å². The van der Waals surface area contributed by atoms with Crippen LogP contribution in [0.25, 0.3) is 0 Å². The Balaban J connectivity index is 1.63. The summed E-state index contributed by atoms with van der Waals surface area (Å²) < 4.78 is 1.70. The first-order chi connectivity index (χ1) is 11.1. The van der Waals surface area contributed by atoms with Crippen molar-refractivity contribution >= 4 is 11.8 Å². The van der Waals surface area contributed by atoms with Crippen LogP contribution in [0.1, 0.15) is 37.9 Å². The Hall–Kier alpha value is -1.92. The van der Waals surface area contributed by atoms with E-state index in [1.165, 1.54) is 12.8 Å². The lowest BCUT2D eigenvalue weighted by atomic mass is 9.83. The molecule has 1 N–H and O–H groups in total. The molecular weight excluding hydrogens is 296 g/mol. The van der Waals surface area contributed by atoms with Crippen LogP contribution >= 0.6 is 0 Å². The summed E-state index contributed by atoms with van der Waals surface area (Å²) in [4.78, 5) is 26.2. The molecule has 124 valence electrons. The zero-order valence-electron chi connectivity index (χ0n) is 13.1. The molecule has 2 atom stereocenters. The molecule has 2 fully saturated rings. The Morgan fingerprint density at radius 1 is 1.13 bits per heavy atom. The van der Waals surface area contributed by atoms with Gasteiger partial charge in [-0.15, -0.1) is 10.2 Å². The van der Waals surface area contributed by atoms with Gasteiger partial charge in [0.2, 0.25) is 5.82 Å². The first kappa shape index (κ1) is 14.7. The molecule has 7 heteroatoms. The maximum atomic E-state index is 12.6. The van der Waals surface area contributed by atoms with Gasteiger partial charge in [-0.2, -0.15) is 0 Å². The van der Waals surface area contributed by atoms with E-state index < -0.39 is 11.9 Å². The van der Waals surface area contributed by atoms with Gasteiger partial charge in [0.25, 0.3) is 5.56 Å². The van der Waals surface area contributed by atoms with Crippen molar-refractivity contribution in [2.45, 2.75) is 45.1 Å². The van der Waals surface area contributed by atoms with Crippen LogP contribution in [-0.2, 0) is 17.8 Å². The van der Waals surface area contributed by atoms with Crippen LogP contribution in [0.15, 0.2) is 4.79 Å². The van der Waals surface area contributed by atoms with E-state index in [2.05, 4.69) is 10.2 Å². The van der Waals surface area contributed by atoms with Crippen molar-refractivity contribution in [3.8, 4) is 0 Å². The van der Waals surface area contributed by atoms with Gasteiger partial charge in [-0.1, -0.05) is 25.7 Å². The van der Waals surface area contributed by atoms with Gasteiger partial charge < -0.3 is 10.0 Å². The molecule has 1 aromatic heterocycles. The summed E-state index contributed by atoms with van der Waals surface area (Å²) in [5.41, 5.74) is -0.108. The molecule has 1 saturated carbocycles. The number of aromatic nitrogens is 3. The Labute approximate surface area is 134 Å². The largest absolute Gasteiger partial charge is 0.481 e. The van der Waals surface area contributed by atoms with Crippen molar-refractivity contribution in [1.29, 1.82) is 0 Å². The second-order valence-electron chi connectivity index (χ2n) is 7.06. The zero-order chi connectivity index (χ0) is 16.0. The maximum Gasteiger partial charge on any atom is 0.308 e. The molecule has 1 aliphatic carbocycles. The van der Waals surface area contributed by atoms with Crippen LogP contribution < -0.4 is 10.5 Å². The predicted molar refractivity (Wildman–Crippen MR) is 83.4 cm³/mol. The van der Waals surface area contributed by atoms with Gasteiger partial charge in [-0.05, 0) is 18.3 Å². The molecule has 0 bridgehead atoms. The van der Waals surface area contributed by atoms with Crippen LogP contribution in [0.4, 0.5) is 5.82 Å². The van der Waals surface area contributed by atoms with Gasteiger partial charge in [0.05, 0.1) is 5.92 Å². The molecule has 0 amide bonds. The summed E-state index contributed by atoms with van der Waals surface area (Å²) in [6, 6.07) is 0. The number of carboxylic acid groups (broad SMARTS) is 1. The molecule has 0 spiro atoms. The number of rotatable bonds is 3. The highest BCUT2D eigenvalue weighted by Gasteiger charge is 2.43. The highest BCUT2D eigenvalue weighted by molar-refractivity contribution is 5.72. The average molecular weight is 318 g/mol. The number of aliphatic carboxylic acids is 1. The molecule has 1 aromatic rings. The van der Waals surface area contributed by atoms with Crippen LogP contribution in [-0.4, -0.2) is 38.9 Å². The van der Waals surface area contributed by atoms with Crippen LogP contribution in [0.3, 0.4) is 0 Å². The van der Waals surface area contributed by atoms with Gasteiger partial charge in [0, 0.05) is 26.1 Å². The second kappa shape index (κ2) is 5.62. The summed E-state index contributed by atoms with van der Waals surface area (Å²) in [6.45, 7) is 1.68. The molecule has 0 unspecified atom stereocenters. The van der Waals surface area contributed by atoms with Crippen molar-refractivity contribution in [3.63, 3.8) is 0 Å². The third-order valence-corrected chi connectivity index (χ3v) is 5.78. The minimum atomic E-state index is -0.751. The van der Waals surface area contributed by atoms with E-state index in [0.29, 0.717) is 31.4 Å². The molecule has 4 rings (SSSR count). The molecule has 0 radical (unpaired) electrons. The number of fused-ring (bicyclic) bond motifs is 1. The number of carboxylic acids is 1. The van der Waals surface area contributed by atoms with E-state index >= 15 is 0 Å². The minimum Gasteiger partial charge on any atom is -0.481 e. The van der Waals surface area contributed by atoms with Crippen molar-refractivity contribution in [1.82, 2.24) is 14.8 Å². The monoisotopic (exact) mass is 318 g/mol. The van der Waals surface area contributed by atoms with Crippen LogP contribution in [0, 0.1) is 17.8 Å². The second-order valence-corrected chi connectivity index (χ2v) is 7.06. The molecule has 3 heterocycles. The lowest BCUT2D eigenvalue weighted by Crippen LogP contribution is -2.33. The topological polar surface area (TPSA) is 88.3 Å². The fraction of sp³-hybridized carbons (Fsp3) is 0.750. The van der Waals surface area contributed by atoms with Crippen molar-refractivity contribution in [2.75, 3.05) is 18.0 Å². The summed E-state index contributed by atoms with van der Waals surface area (Å²) >= 11 is 0. The lowest BCUT2D eigenvalue weighted by molar-refractivity contribution is -0.142. The van der Waals surface area contributed by atoms with Gasteiger partial charge in [0.1, 0.15) is 5.82 Å². The number of aryl methyl sites for hydroxylation is 1. The lowest BCUT2D eigenvalue weighted by Gasteiger charge is -2.21. The third-order valence-electron chi connectivity index (χ3n) is 5.78. The summed E-state index contributed by atoms with van der Waals surface area (Å²) in [6.07, 6.45) is 6.32. The Morgan fingerprint density at radius 2 is 1.91 bits per heavy atom. The number of carbonyl (C=O) groups is 1. The van der Waals surface area contributed by atoms with E-state index in [-0.39, 0.29) is 11.5 Å². The number of hydrogen-bond donors (Lipinski definition) is 1. The van der Waals surface area contributed by atoms with E-state index in [1.807, 2.05) is 4.90 Å². The summed E-state index contributed by atoms with van der Waals surface area (Å²) in [7, 11) is 0. The van der Waals surface area contributed by atoms with E-state index in [9.17, 15) is 14.7 Å². The highest BCUT2D eigenvalue weighted by Crippen LogP contribution is 2.40. The normalized spacial score (nSPS) is 27.6. The molecule has 2 aliphatic heterocycles. The number of anilines is 1. The smallest absolute Gasteiger partial charge is 0.308 e. The number of hydrogen-bond acceptors (Lipinski definition) is 5. The standard InChI is InChI=1S/C16H22N4O3/c21-15-14(18-17-13-6-3-7-20(13)15)19-8-11(10-4-1-2-5-10)12(9-19)16(22)23/h10-12H,1-9H2,(H,22,23)/t11-,12+/m0/s1. The molecule has 23 heavy (non-hydrogen) atoms. The van der Waals surface area contributed by atoms with E-state index in [4.69, 9.17) is 0 Å². The molecule has 7 nitrogen and oxygen atoms in total. The van der Waals surface area contributed by atoms with Gasteiger partial charge in [-0.3, -0.25) is 14.2 Å². The predicted octanol–water partition coefficient (Wildman–Crippen LogP) is 0.912. The Bertz CT molecular complexity index is 680.